The van der Waals surface area contributed by atoms with Crippen molar-refractivity contribution in [2.24, 2.45) is 0 Å². The van der Waals surface area contributed by atoms with Crippen LogP contribution in [0.1, 0.15) is 6.42 Å². The molecule has 4 aromatic rings. The third-order valence-electron chi connectivity index (χ3n) is 4.73. The first kappa shape index (κ1) is 21.4. The lowest BCUT2D eigenvalue weighted by atomic mass is 10.2. The van der Waals surface area contributed by atoms with Gasteiger partial charge in [0.15, 0.2) is 0 Å². The van der Waals surface area contributed by atoms with Crippen molar-refractivity contribution in [3.05, 3.63) is 82.1 Å². The molecule has 2 amide bonds. The molecular weight excluding hydrogens is 476 g/mol. The van der Waals surface area contributed by atoms with Crippen molar-refractivity contribution in [3.63, 3.8) is 0 Å². The minimum absolute atomic E-state index is 0.0486. The van der Waals surface area contributed by atoms with E-state index in [1.165, 1.54) is 10.9 Å². The number of carbonyl (C=O) groups is 2. The van der Waals surface area contributed by atoms with Gasteiger partial charge in [-0.15, -0.1) is 0 Å². The molecule has 9 nitrogen and oxygen atoms in total. The molecule has 0 aliphatic rings. The summed E-state index contributed by atoms with van der Waals surface area (Å²) in [7, 11) is 0. The molecule has 2 aromatic heterocycles. The molecule has 2 N–H and O–H groups in total. The highest BCUT2D eigenvalue weighted by Crippen LogP contribution is 2.15. The Morgan fingerprint density at radius 2 is 1.88 bits per heavy atom. The average molecular weight is 495 g/mol. The van der Waals surface area contributed by atoms with E-state index in [9.17, 15) is 14.4 Å². The fourth-order valence-corrected chi connectivity index (χ4v) is 3.47. The van der Waals surface area contributed by atoms with Crippen molar-refractivity contribution >= 4 is 44.3 Å². The van der Waals surface area contributed by atoms with Gasteiger partial charge < -0.3 is 10.6 Å². The first-order valence-corrected chi connectivity index (χ1v) is 10.6. The van der Waals surface area contributed by atoms with Gasteiger partial charge in [-0.05, 0) is 48.5 Å². The Labute approximate surface area is 191 Å². The van der Waals surface area contributed by atoms with Crippen LogP contribution in [0.2, 0.25) is 0 Å². The van der Waals surface area contributed by atoms with Crippen LogP contribution in [0.3, 0.4) is 0 Å². The lowest BCUT2D eigenvalue weighted by Gasteiger charge is -2.09. The number of carbonyl (C=O) groups excluding carboxylic acids is 2. The number of benzene rings is 2. The van der Waals surface area contributed by atoms with E-state index in [4.69, 9.17) is 0 Å². The Kier molecular flexibility index (Phi) is 6.41. The molecule has 0 saturated heterocycles. The number of nitrogens with zero attached hydrogens (tertiary/aromatic N) is 4. The summed E-state index contributed by atoms with van der Waals surface area (Å²) in [6, 6.07) is 14.3. The van der Waals surface area contributed by atoms with Crippen molar-refractivity contribution in [2.75, 3.05) is 11.9 Å². The maximum absolute atomic E-state index is 12.6. The normalized spacial score (nSPS) is 10.8. The molecule has 4 rings (SSSR count). The van der Waals surface area contributed by atoms with E-state index in [0.29, 0.717) is 16.6 Å². The second-order valence-electron chi connectivity index (χ2n) is 6.98. The largest absolute Gasteiger partial charge is 0.347 e. The van der Waals surface area contributed by atoms with Crippen molar-refractivity contribution in [1.82, 2.24) is 24.6 Å². The molecule has 0 fully saturated rings. The highest BCUT2D eigenvalue weighted by atomic mass is 79.9. The Morgan fingerprint density at radius 3 is 2.62 bits per heavy atom. The summed E-state index contributed by atoms with van der Waals surface area (Å²) in [6.45, 7) is -0.00577. The number of hydrogen-bond donors (Lipinski definition) is 2. The van der Waals surface area contributed by atoms with Gasteiger partial charge in [-0.3, -0.25) is 19.0 Å². The molecular formula is C22H19BrN6O3. The molecule has 2 heterocycles. The van der Waals surface area contributed by atoms with Crippen LogP contribution < -0.4 is 16.2 Å². The van der Waals surface area contributed by atoms with Crippen LogP contribution in [0, 0.1) is 0 Å². The van der Waals surface area contributed by atoms with Crippen LogP contribution in [0.25, 0.3) is 16.6 Å². The fourth-order valence-electron chi connectivity index (χ4n) is 3.10. The van der Waals surface area contributed by atoms with Crippen LogP contribution in [0.4, 0.5) is 5.69 Å². The van der Waals surface area contributed by atoms with Crippen molar-refractivity contribution in [3.8, 4) is 5.69 Å². The number of aryl methyl sites for hydroxylation is 1. The van der Waals surface area contributed by atoms with Crippen LogP contribution >= 0.6 is 15.9 Å². The Bertz CT molecular complexity index is 1320. The van der Waals surface area contributed by atoms with Gasteiger partial charge in [-0.25, -0.2) is 9.67 Å². The molecule has 0 saturated carbocycles. The molecule has 0 aliphatic heterocycles. The highest BCUT2D eigenvalue weighted by molar-refractivity contribution is 9.10. The first-order chi connectivity index (χ1) is 15.5. The van der Waals surface area contributed by atoms with E-state index in [-0.39, 0.29) is 36.9 Å². The van der Waals surface area contributed by atoms with Crippen LogP contribution in [0.15, 0.2) is 76.5 Å². The molecule has 32 heavy (non-hydrogen) atoms. The smallest absolute Gasteiger partial charge is 0.261 e. The third kappa shape index (κ3) is 5.09. The molecule has 0 unspecified atom stereocenters. The number of hydrogen-bond acceptors (Lipinski definition) is 5. The summed E-state index contributed by atoms with van der Waals surface area (Å²) in [6.07, 6.45) is 4.98. The minimum atomic E-state index is -0.348. The summed E-state index contributed by atoms with van der Waals surface area (Å²) in [5.41, 5.74) is 1.85. The topological polar surface area (TPSA) is 111 Å². The number of halogens is 1. The number of aromatic nitrogens is 4. The van der Waals surface area contributed by atoms with E-state index >= 15 is 0 Å². The molecule has 2 aromatic carbocycles. The van der Waals surface area contributed by atoms with Gasteiger partial charge in [-0.2, -0.15) is 5.10 Å². The van der Waals surface area contributed by atoms with Gasteiger partial charge in [0.1, 0.15) is 0 Å². The van der Waals surface area contributed by atoms with Gasteiger partial charge in [0, 0.05) is 35.5 Å². The van der Waals surface area contributed by atoms with E-state index in [1.54, 1.807) is 35.1 Å². The monoisotopic (exact) mass is 494 g/mol. The third-order valence-corrected chi connectivity index (χ3v) is 5.23. The van der Waals surface area contributed by atoms with Gasteiger partial charge in [0.25, 0.3) is 5.56 Å². The molecule has 0 atom stereocenters. The first-order valence-electron chi connectivity index (χ1n) is 9.81. The lowest BCUT2D eigenvalue weighted by molar-refractivity contribution is -0.124. The zero-order valence-electron chi connectivity index (χ0n) is 16.9. The second kappa shape index (κ2) is 9.56. The lowest BCUT2D eigenvalue weighted by Crippen LogP contribution is -2.34. The van der Waals surface area contributed by atoms with Crippen molar-refractivity contribution in [1.29, 1.82) is 0 Å². The molecule has 0 bridgehead atoms. The quantitative estimate of drug-likeness (QED) is 0.410. The van der Waals surface area contributed by atoms with Crippen molar-refractivity contribution in [2.45, 2.75) is 13.0 Å². The maximum atomic E-state index is 12.6. The van der Waals surface area contributed by atoms with E-state index in [0.717, 1.165) is 10.2 Å². The van der Waals surface area contributed by atoms with Crippen molar-refractivity contribution < 1.29 is 9.59 Å². The Balaban J connectivity index is 1.27. The van der Waals surface area contributed by atoms with Crippen LogP contribution in [-0.4, -0.2) is 37.7 Å². The molecule has 162 valence electrons. The summed E-state index contributed by atoms with van der Waals surface area (Å²) >= 11 is 3.34. The zero-order valence-corrected chi connectivity index (χ0v) is 18.4. The number of fused-ring (bicyclic) bond motifs is 1. The molecule has 10 heteroatoms. The van der Waals surface area contributed by atoms with Gasteiger partial charge in [0.2, 0.25) is 11.8 Å². The number of anilines is 1. The SMILES string of the molecule is O=C(CCn1cnc2ccc(Br)cc2c1=O)NCC(=O)Nc1ccc(-n2cccn2)cc1. The predicted molar refractivity (Wildman–Crippen MR) is 124 cm³/mol. The zero-order chi connectivity index (χ0) is 22.5. The van der Waals surface area contributed by atoms with Gasteiger partial charge >= 0.3 is 0 Å². The van der Waals surface area contributed by atoms with E-state index in [2.05, 4.69) is 36.6 Å². The predicted octanol–water partition coefficient (Wildman–Crippen LogP) is 2.49. The Morgan fingerprint density at radius 1 is 1.06 bits per heavy atom. The number of amides is 2. The van der Waals surface area contributed by atoms with Gasteiger partial charge in [-0.1, -0.05) is 15.9 Å². The molecule has 0 spiro atoms. The second-order valence-corrected chi connectivity index (χ2v) is 7.89. The molecule has 0 radical (unpaired) electrons. The summed E-state index contributed by atoms with van der Waals surface area (Å²) in [5, 5.41) is 9.91. The summed E-state index contributed by atoms with van der Waals surface area (Å²) in [5.74, 6) is -0.685. The van der Waals surface area contributed by atoms with Crippen LogP contribution in [0.5, 0.6) is 0 Å². The number of rotatable bonds is 7. The summed E-state index contributed by atoms with van der Waals surface area (Å²) < 4.78 is 3.87. The van der Waals surface area contributed by atoms with E-state index < -0.39 is 0 Å². The minimum Gasteiger partial charge on any atom is -0.347 e. The molecule has 0 aliphatic carbocycles. The fraction of sp³-hybridized carbons (Fsp3) is 0.136. The van der Waals surface area contributed by atoms with E-state index in [1.807, 2.05) is 30.5 Å². The Hall–Kier alpha value is -3.79. The average Bonchev–Trinajstić information content (AvgIpc) is 3.33. The summed E-state index contributed by atoms with van der Waals surface area (Å²) in [4.78, 5) is 41.1. The standard InChI is InChI=1S/C22H19BrN6O3/c23-15-2-7-19-18(12-15)22(32)28(14-25-19)11-8-20(30)24-13-21(31)27-16-3-5-17(6-4-16)29-10-1-9-26-29/h1-7,9-10,12,14H,8,11,13H2,(H,24,30)(H,27,31). The van der Waals surface area contributed by atoms with Gasteiger partial charge in [0.05, 0.1) is 29.5 Å². The van der Waals surface area contributed by atoms with Crippen LogP contribution in [-0.2, 0) is 16.1 Å². The highest BCUT2D eigenvalue weighted by Gasteiger charge is 2.09. The number of nitrogens with one attached hydrogen (secondary N) is 2. The maximum Gasteiger partial charge on any atom is 0.261 e.